The first-order chi connectivity index (χ1) is 12.5. The summed E-state index contributed by atoms with van der Waals surface area (Å²) >= 11 is 0. The zero-order chi connectivity index (χ0) is 18.1. The van der Waals surface area contributed by atoms with E-state index in [4.69, 9.17) is 4.74 Å². The van der Waals surface area contributed by atoms with Crippen LogP contribution in [0.15, 0.2) is 29.2 Å². The average molecular weight is 379 g/mol. The third kappa shape index (κ3) is 3.45. The van der Waals surface area contributed by atoms with Gasteiger partial charge in [-0.15, -0.1) is 0 Å². The largest absolute Gasteiger partial charge is 0.490 e. The molecular formula is C18H25N3O4S. The van der Waals surface area contributed by atoms with Gasteiger partial charge in [0, 0.05) is 12.6 Å². The first-order valence-electron chi connectivity index (χ1n) is 9.29. The Hall–Kier alpha value is -1.64. The summed E-state index contributed by atoms with van der Waals surface area (Å²) < 4.78 is 33.2. The van der Waals surface area contributed by atoms with Gasteiger partial charge in [0.1, 0.15) is 17.3 Å². The molecule has 0 saturated carbocycles. The van der Waals surface area contributed by atoms with Crippen molar-refractivity contribution in [2.45, 2.75) is 42.7 Å². The van der Waals surface area contributed by atoms with E-state index in [-0.39, 0.29) is 22.9 Å². The number of likely N-dealkylation sites (tertiary alicyclic amines) is 1. The number of para-hydroxylation sites is 1. The van der Waals surface area contributed by atoms with Crippen LogP contribution in [0.3, 0.4) is 0 Å². The van der Waals surface area contributed by atoms with Crippen molar-refractivity contribution in [2.75, 3.05) is 32.8 Å². The van der Waals surface area contributed by atoms with Crippen molar-refractivity contribution in [3.8, 4) is 5.75 Å². The number of nitrogens with zero attached hydrogens (tertiary/aromatic N) is 2. The maximum Gasteiger partial charge on any atom is 0.247 e. The van der Waals surface area contributed by atoms with E-state index in [0.29, 0.717) is 31.9 Å². The third-order valence-electron chi connectivity index (χ3n) is 5.41. The van der Waals surface area contributed by atoms with E-state index in [1.807, 2.05) is 0 Å². The minimum absolute atomic E-state index is 0.0201. The average Bonchev–Trinajstić information content (AvgIpc) is 3.00. The van der Waals surface area contributed by atoms with Crippen LogP contribution in [-0.4, -0.2) is 68.4 Å². The molecule has 3 aliphatic heterocycles. The molecule has 1 N–H and O–H groups in total. The van der Waals surface area contributed by atoms with Gasteiger partial charge < -0.3 is 10.1 Å². The Morgan fingerprint density at radius 3 is 2.77 bits per heavy atom. The molecule has 7 nitrogen and oxygen atoms in total. The van der Waals surface area contributed by atoms with Crippen molar-refractivity contribution in [3.63, 3.8) is 0 Å². The Bertz CT molecular complexity index is 776. The summed E-state index contributed by atoms with van der Waals surface area (Å²) in [6.45, 7) is 2.94. The molecule has 1 aromatic rings. The Morgan fingerprint density at radius 2 is 1.96 bits per heavy atom. The molecule has 26 heavy (non-hydrogen) atoms. The SMILES string of the molecule is O=C(CN1CCCCC1)N[C@H]1C[C@H]2COc3ccccc3S(=O)(=O)N2C1. The molecule has 3 heterocycles. The second kappa shape index (κ2) is 7.17. The number of ether oxygens (including phenoxy) is 1. The van der Waals surface area contributed by atoms with Crippen LogP contribution in [0.4, 0.5) is 0 Å². The van der Waals surface area contributed by atoms with Crippen molar-refractivity contribution in [2.24, 2.45) is 0 Å². The van der Waals surface area contributed by atoms with Gasteiger partial charge in [0.15, 0.2) is 0 Å². The fourth-order valence-electron chi connectivity index (χ4n) is 4.13. The van der Waals surface area contributed by atoms with Gasteiger partial charge in [-0.25, -0.2) is 8.42 Å². The molecule has 0 radical (unpaired) electrons. The third-order valence-corrected chi connectivity index (χ3v) is 7.37. The summed E-state index contributed by atoms with van der Waals surface area (Å²) in [7, 11) is -3.61. The molecule has 2 fully saturated rings. The molecule has 0 aliphatic carbocycles. The predicted octanol–water partition coefficient (Wildman–Crippen LogP) is 0.813. The summed E-state index contributed by atoms with van der Waals surface area (Å²) in [5.41, 5.74) is 0. The highest BCUT2D eigenvalue weighted by atomic mass is 32.2. The lowest BCUT2D eigenvalue weighted by atomic mass is 10.1. The van der Waals surface area contributed by atoms with Gasteiger partial charge in [0.25, 0.3) is 0 Å². The van der Waals surface area contributed by atoms with E-state index < -0.39 is 10.0 Å². The smallest absolute Gasteiger partial charge is 0.247 e. The normalized spacial score (nSPS) is 28.5. The number of amides is 1. The summed E-state index contributed by atoms with van der Waals surface area (Å²) in [6, 6.07) is 6.33. The zero-order valence-electron chi connectivity index (χ0n) is 14.8. The number of fused-ring (bicyclic) bond motifs is 2. The molecule has 4 rings (SSSR count). The van der Waals surface area contributed by atoms with E-state index >= 15 is 0 Å². The molecule has 8 heteroatoms. The van der Waals surface area contributed by atoms with Crippen molar-refractivity contribution >= 4 is 15.9 Å². The van der Waals surface area contributed by atoms with Crippen molar-refractivity contribution in [1.29, 1.82) is 0 Å². The number of hydrogen-bond donors (Lipinski definition) is 1. The van der Waals surface area contributed by atoms with E-state index in [1.54, 1.807) is 24.3 Å². The van der Waals surface area contributed by atoms with Gasteiger partial charge in [-0.3, -0.25) is 9.69 Å². The van der Waals surface area contributed by atoms with Crippen LogP contribution >= 0.6 is 0 Å². The lowest BCUT2D eigenvalue weighted by Gasteiger charge is -2.26. The van der Waals surface area contributed by atoms with Crippen molar-refractivity contribution in [1.82, 2.24) is 14.5 Å². The fourth-order valence-corrected chi connectivity index (χ4v) is 5.93. The van der Waals surface area contributed by atoms with Gasteiger partial charge >= 0.3 is 0 Å². The Balaban J connectivity index is 1.42. The Morgan fingerprint density at radius 1 is 1.19 bits per heavy atom. The molecule has 2 atom stereocenters. The van der Waals surface area contributed by atoms with Crippen LogP contribution in [0.5, 0.6) is 5.75 Å². The number of carbonyl (C=O) groups excluding carboxylic acids is 1. The van der Waals surface area contributed by atoms with Crippen molar-refractivity contribution in [3.05, 3.63) is 24.3 Å². The summed E-state index contributed by atoms with van der Waals surface area (Å²) in [5.74, 6) is 0.390. The van der Waals surface area contributed by atoms with E-state index in [2.05, 4.69) is 10.2 Å². The van der Waals surface area contributed by atoms with Crippen LogP contribution in [-0.2, 0) is 14.8 Å². The molecule has 0 spiro atoms. The highest BCUT2D eigenvalue weighted by Gasteiger charge is 2.44. The fraction of sp³-hybridized carbons (Fsp3) is 0.611. The molecule has 2 saturated heterocycles. The second-order valence-electron chi connectivity index (χ2n) is 7.32. The molecule has 0 unspecified atom stereocenters. The zero-order valence-corrected chi connectivity index (χ0v) is 15.6. The second-order valence-corrected chi connectivity index (χ2v) is 9.18. The van der Waals surface area contributed by atoms with E-state index in [0.717, 1.165) is 25.9 Å². The number of benzene rings is 1. The molecule has 0 bridgehead atoms. The summed E-state index contributed by atoms with van der Waals surface area (Å²) in [5, 5.41) is 3.02. The van der Waals surface area contributed by atoms with Gasteiger partial charge in [-0.05, 0) is 44.5 Å². The standard InChI is InChI=1S/C18H25N3O4S/c22-18(12-20-8-4-1-5-9-20)19-14-10-15-13-25-16-6-2-3-7-17(16)26(23,24)21(15)11-14/h2-3,6-7,14-15H,1,4-5,8-13H2,(H,19,22)/t14-,15-/m0/s1. The van der Waals surface area contributed by atoms with Crippen LogP contribution in [0.2, 0.25) is 0 Å². The maximum absolute atomic E-state index is 13.0. The highest BCUT2D eigenvalue weighted by Crippen LogP contribution is 2.35. The highest BCUT2D eigenvalue weighted by molar-refractivity contribution is 7.89. The van der Waals surface area contributed by atoms with E-state index in [1.165, 1.54) is 10.7 Å². The maximum atomic E-state index is 13.0. The molecule has 1 aromatic carbocycles. The summed E-state index contributed by atoms with van der Waals surface area (Å²) in [4.78, 5) is 14.7. The molecule has 142 valence electrons. The number of carbonyl (C=O) groups is 1. The first-order valence-corrected chi connectivity index (χ1v) is 10.7. The monoisotopic (exact) mass is 379 g/mol. The molecule has 0 aromatic heterocycles. The number of hydrogen-bond acceptors (Lipinski definition) is 5. The molecular weight excluding hydrogens is 354 g/mol. The molecule has 1 amide bonds. The minimum Gasteiger partial charge on any atom is -0.490 e. The lowest BCUT2D eigenvalue weighted by Crippen LogP contribution is -2.44. The molecule has 3 aliphatic rings. The van der Waals surface area contributed by atoms with Crippen LogP contribution < -0.4 is 10.1 Å². The first kappa shape index (κ1) is 17.8. The van der Waals surface area contributed by atoms with Crippen molar-refractivity contribution < 1.29 is 17.9 Å². The van der Waals surface area contributed by atoms with Gasteiger partial charge in [0.2, 0.25) is 15.9 Å². The topological polar surface area (TPSA) is 79.0 Å². The van der Waals surface area contributed by atoms with Crippen LogP contribution in [0.1, 0.15) is 25.7 Å². The number of sulfonamides is 1. The van der Waals surface area contributed by atoms with E-state index in [9.17, 15) is 13.2 Å². The van der Waals surface area contributed by atoms with Crippen LogP contribution in [0.25, 0.3) is 0 Å². The number of nitrogens with one attached hydrogen (secondary N) is 1. The number of rotatable bonds is 3. The Labute approximate surface area is 154 Å². The summed E-state index contributed by atoms with van der Waals surface area (Å²) in [6.07, 6.45) is 4.10. The van der Waals surface area contributed by atoms with Gasteiger partial charge in [0.05, 0.1) is 12.6 Å². The van der Waals surface area contributed by atoms with Gasteiger partial charge in [-0.2, -0.15) is 4.31 Å². The number of piperidine rings is 1. The minimum atomic E-state index is -3.61. The quantitative estimate of drug-likeness (QED) is 0.841. The Kier molecular flexibility index (Phi) is 4.90. The predicted molar refractivity (Wildman–Crippen MR) is 96.5 cm³/mol. The van der Waals surface area contributed by atoms with Crippen LogP contribution in [0, 0.1) is 0 Å². The van der Waals surface area contributed by atoms with Gasteiger partial charge in [-0.1, -0.05) is 18.6 Å². The lowest BCUT2D eigenvalue weighted by molar-refractivity contribution is -0.123.